The number of hydrazine groups is 1. The molecule has 3 aromatic rings. The number of amides is 1. The maximum Gasteiger partial charge on any atom is 0.510 e. The molecule has 1 amide bonds. The molecule has 0 saturated heterocycles. The Balaban J connectivity index is 0.000000719. The van der Waals surface area contributed by atoms with E-state index in [2.05, 4.69) is 47.2 Å². The predicted octanol–water partition coefficient (Wildman–Crippen LogP) is 5.37. The molecule has 0 radical (unpaired) electrons. The molecule has 0 heterocycles. The number of benzene rings is 3. The van der Waals surface area contributed by atoms with Gasteiger partial charge in [0.25, 0.3) is 16.6 Å². The summed E-state index contributed by atoms with van der Waals surface area (Å²) in [6, 6.07) is 21.8. The van der Waals surface area contributed by atoms with E-state index in [0.29, 0.717) is 35.8 Å². The highest BCUT2D eigenvalue weighted by molar-refractivity contribution is 6.03. The van der Waals surface area contributed by atoms with Gasteiger partial charge in [-0.3, -0.25) is 9.59 Å². The van der Waals surface area contributed by atoms with Crippen molar-refractivity contribution in [3.8, 4) is 16.9 Å². The maximum absolute atomic E-state index is 13.0. The molecule has 3 rings (SSSR count). The maximum atomic E-state index is 13.0. The molecule has 0 fully saturated rings. The third kappa shape index (κ3) is 18.5. The minimum absolute atomic E-state index is 0.00777. The van der Waals surface area contributed by atoms with Crippen LogP contribution in [0, 0.1) is 26.1 Å². The van der Waals surface area contributed by atoms with Crippen molar-refractivity contribution < 1.29 is 53.2 Å². The lowest BCUT2D eigenvalue weighted by Gasteiger charge is -2.32. The van der Waals surface area contributed by atoms with Gasteiger partial charge in [0, 0.05) is 24.6 Å². The average molecular weight is 828 g/mol. The van der Waals surface area contributed by atoms with Crippen molar-refractivity contribution in [1.29, 1.82) is 0 Å². The molecule has 0 aromatic heterocycles. The first-order chi connectivity index (χ1) is 28.2. The molecule has 0 saturated carbocycles. The molecule has 0 bridgehead atoms. The normalized spacial score (nSPS) is 11.9. The molecule has 0 aliphatic carbocycles. The molecular weight excluding hydrogens is 774 g/mol. The minimum Gasteiger partial charge on any atom is -0.432 e. The third-order valence-corrected chi connectivity index (χ3v) is 8.50. The van der Waals surface area contributed by atoms with E-state index in [0.717, 1.165) is 34.6 Å². The van der Waals surface area contributed by atoms with Crippen molar-refractivity contribution in [2.75, 3.05) is 26.4 Å². The average Bonchev–Trinajstić information content (AvgIpc) is 3.21. The molecule has 59 heavy (non-hydrogen) atoms. The third-order valence-electron chi connectivity index (χ3n) is 8.50. The van der Waals surface area contributed by atoms with Crippen LogP contribution in [0.1, 0.15) is 70.6 Å². The minimum atomic E-state index is -1.02. The van der Waals surface area contributed by atoms with Crippen molar-refractivity contribution >= 4 is 24.4 Å². The van der Waals surface area contributed by atoms with Crippen LogP contribution < -0.4 is 16.3 Å². The molecule has 20 nitrogen and oxygen atoms in total. The van der Waals surface area contributed by atoms with Crippen LogP contribution in [0.2, 0.25) is 0 Å². The number of rotatable bonds is 24. The number of carbonyl (C=O) groups excluding carboxylic acids is 3. The van der Waals surface area contributed by atoms with Crippen molar-refractivity contribution in [2.45, 2.75) is 79.3 Å². The monoisotopic (exact) mass is 827 g/mol. The Morgan fingerprint density at radius 3 is 2.20 bits per heavy atom. The quantitative estimate of drug-likeness (QED) is 0.0132. The topological polar surface area (TPSA) is 264 Å². The summed E-state index contributed by atoms with van der Waals surface area (Å²) in [5.41, 5.74) is 10.3. The molecule has 0 aliphatic rings. The Morgan fingerprint density at radius 1 is 0.881 bits per heavy atom. The zero-order chi connectivity index (χ0) is 43.7. The van der Waals surface area contributed by atoms with E-state index in [1.54, 1.807) is 18.2 Å². The Bertz CT molecular complexity index is 1810. The van der Waals surface area contributed by atoms with E-state index in [-0.39, 0.29) is 57.3 Å². The molecule has 2 unspecified atom stereocenters. The Morgan fingerprint density at radius 2 is 1.56 bits per heavy atom. The largest absolute Gasteiger partial charge is 0.510 e. The van der Waals surface area contributed by atoms with Crippen molar-refractivity contribution in [1.82, 2.24) is 10.0 Å². The number of carbonyl (C=O) groups is 3. The van der Waals surface area contributed by atoms with Crippen LogP contribution in [0.15, 0.2) is 77.9 Å². The molecule has 20 heteroatoms. The summed E-state index contributed by atoms with van der Waals surface area (Å²) in [6.45, 7) is 10.1. The summed E-state index contributed by atoms with van der Waals surface area (Å²) < 4.78 is 19.6. The van der Waals surface area contributed by atoms with E-state index < -0.39 is 22.6 Å². The smallest absolute Gasteiger partial charge is 0.432 e. The van der Waals surface area contributed by atoms with Crippen LogP contribution in [0.5, 0.6) is 5.75 Å². The molecule has 4 N–H and O–H groups in total. The van der Waals surface area contributed by atoms with E-state index in [1.165, 1.54) is 13.0 Å². The molecule has 2 atom stereocenters. The summed E-state index contributed by atoms with van der Waals surface area (Å²) in [5.74, 6) is 6.93. The van der Waals surface area contributed by atoms with Gasteiger partial charge in [0.05, 0.1) is 13.2 Å². The van der Waals surface area contributed by atoms with Crippen molar-refractivity contribution in [3.63, 3.8) is 0 Å². The fourth-order valence-electron chi connectivity index (χ4n) is 5.07. The van der Waals surface area contributed by atoms with Gasteiger partial charge in [0.2, 0.25) is 12.1 Å². The molecular formula is C39H53N7O13. The number of hydrogen-bond donors (Lipinski definition) is 2. The van der Waals surface area contributed by atoms with Gasteiger partial charge < -0.3 is 39.3 Å². The first-order valence-electron chi connectivity index (χ1n) is 18.7. The lowest BCUT2D eigenvalue weighted by atomic mass is 9.97. The van der Waals surface area contributed by atoms with Gasteiger partial charge in [-0.1, -0.05) is 87.9 Å². The molecule has 0 aliphatic heterocycles. The molecule has 3 aromatic carbocycles. The second kappa shape index (κ2) is 26.4. The summed E-state index contributed by atoms with van der Waals surface area (Å²) >= 11 is 0. The molecule has 0 spiro atoms. The van der Waals surface area contributed by atoms with Gasteiger partial charge in [-0.25, -0.2) is 10.6 Å². The lowest BCUT2D eigenvalue weighted by Crippen LogP contribution is -2.40. The van der Waals surface area contributed by atoms with Crippen LogP contribution in [-0.2, 0) is 46.6 Å². The Labute approximate surface area is 342 Å². The number of unbranched alkanes of at least 4 members (excludes halogenated alkanes) is 1. The summed E-state index contributed by atoms with van der Waals surface area (Å²) in [5, 5.41) is 23.3. The highest BCUT2D eigenvalue weighted by atomic mass is 17.0. The predicted molar refractivity (Wildman–Crippen MR) is 214 cm³/mol. The fraction of sp³-hybridized carbons (Fsp3) is 0.436. The number of hydrazone groups is 1. The first-order valence-corrected chi connectivity index (χ1v) is 18.7. The van der Waals surface area contributed by atoms with Crippen molar-refractivity contribution in [3.05, 3.63) is 110 Å². The van der Waals surface area contributed by atoms with Gasteiger partial charge in [-0.05, 0) is 60.6 Å². The van der Waals surface area contributed by atoms with Crippen LogP contribution >= 0.6 is 0 Å². The number of nitrogens with zero attached hydrogens (tertiary/aromatic N) is 5. The first kappa shape index (κ1) is 48.6. The second-order valence-corrected chi connectivity index (χ2v) is 13.1. The zero-order valence-electron chi connectivity index (χ0n) is 33.8. The lowest BCUT2D eigenvalue weighted by molar-refractivity contribution is -0.763. The Hall–Kier alpha value is -6.54. The van der Waals surface area contributed by atoms with Gasteiger partial charge in [0.15, 0.2) is 5.84 Å². The van der Waals surface area contributed by atoms with E-state index in [1.807, 2.05) is 53.4 Å². The molecule has 322 valence electrons. The second-order valence-electron chi connectivity index (χ2n) is 13.1. The van der Waals surface area contributed by atoms with E-state index in [4.69, 9.17) is 25.8 Å². The Kier molecular flexibility index (Phi) is 21.7. The number of ether oxygens (including phenoxy) is 4. The number of hydrogen-bond acceptors (Lipinski definition) is 16. The number of nitrogens with two attached hydrogens (primary N) is 2. The highest BCUT2D eigenvalue weighted by Gasteiger charge is 2.23. The highest BCUT2D eigenvalue weighted by Crippen LogP contribution is 2.26. The van der Waals surface area contributed by atoms with Gasteiger partial charge >= 0.3 is 6.16 Å². The van der Waals surface area contributed by atoms with Gasteiger partial charge in [-0.15, -0.1) is 25.3 Å². The van der Waals surface area contributed by atoms with Crippen LogP contribution in [0.25, 0.3) is 11.1 Å². The van der Waals surface area contributed by atoms with E-state index in [9.17, 15) is 34.6 Å². The summed E-state index contributed by atoms with van der Waals surface area (Å²) in [6.07, 6.45) is 0.359. The SMILES string of the molecule is CCCCC(=O)N(Cc1ccc(-c2ccccc2/C(N)=N/N(N)C(C)OC(=O)OCCOCCO[N+](=O)[O-])cc1)C(C)C(C)C.O=COc1cccc(CO[N+](=O)[O-])c1. The van der Waals surface area contributed by atoms with E-state index >= 15 is 0 Å². The van der Waals surface area contributed by atoms with Crippen molar-refractivity contribution in [2.24, 2.45) is 22.6 Å². The van der Waals surface area contributed by atoms with Crippen LogP contribution in [0.4, 0.5) is 4.79 Å². The van der Waals surface area contributed by atoms with Gasteiger partial charge in [0.1, 0.15) is 25.6 Å². The zero-order valence-corrected chi connectivity index (χ0v) is 33.8. The fourth-order valence-corrected chi connectivity index (χ4v) is 5.07. The standard InChI is InChI=1S/C31H46N6O8.C8H7NO5/c1-6-7-12-29(38)35(23(4)22(2)3)21-25-13-15-26(16-14-25)27-10-8-9-11-28(27)30(32)34-36(33)24(5)45-31(39)43-19-17-42-18-20-44-37(40)41;10-6-13-8-3-1-2-7(4-8)5-14-9(11)12/h8-11,13-16,22-24H,6-7,12,17-21,33H2,1-5H3,(H2,32,34);1-4,6H,5H2. The van der Waals surface area contributed by atoms with Crippen LogP contribution in [-0.4, -0.2) is 83.3 Å². The van der Waals surface area contributed by atoms with Gasteiger partial charge in [-0.2, -0.15) is 5.12 Å². The summed E-state index contributed by atoms with van der Waals surface area (Å²) in [7, 11) is 0. The summed E-state index contributed by atoms with van der Waals surface area (Å²) in [4.78, 5) is 65.1. The van der Waals surface area contributed by atoms with Crippen LogP contribution in [0.3, 0.4) is 0 Å². The number of amidine groups is 1.